The van der Waals surface area contributed by atoms with Gasteiger partial charge in [-0.25, -0.2) is 13.1 Å². The molecule has 0 saturated heterocycles. The molecule has 0 bridgehead atoms. The fraction of sp³-hybridized carbons (Fsp3) is 0.417. The normalized spacial score (nSPS) is 13.1. The van der Waals surface area contributed by atoms with E-state index in [4.69, 9.17) is 16.6 Å². The van der Waals surface area contributed by atoms with Gasteiger partial charge in [0.05, 0.1) is 5.69 Å². The zero-order chi connectivity index (χ0) is 15.3. The molecule has 0 radical (unpaired) electrons. The lowest BCUT2D eigenvalue weighted by molar-refractivity contribution is 0.1000. The number of carbonyl (C=O) groups is 1. The van der Waals surface area contributed by atoms with Crippen molar-refractivity contribution in [3.63, 3.8) is 0 Å². The van der Waals surface area contributed by atoms with Crippen LogP contribution in [0.1, 0.15) is 30.1 Å². The van der Waals surface area contributed by atoms with Gasteiger partial charge in [0.1, 0.15) is 4.90 Å². The molecule has 20 heavy (non-hydrogen) atoms. The lowest BCUT2D eigenvalue weighted by Gasteiger charge is -2.15. The molecule has 7 nitrogen and oxygen atoms in total. The Labute approximate surface area is 118 Å². The quantitative estimate of drug-likeness (QED) is 0.517. The Bertz CT molecular complexity index is 586. The smallest absolute Gasteiger partial charge is 0.248 e. The Balaban J connectivity index is 2.95. The van der Waals surface area contributed by atoms with Gasteiger partial charge in [0.15, 0.2) is 0 Å². The van der Waals surface area contributed by atoms with E-state index in [9.17, 15) is 13.2 Å². The third-order valence-electron chi connectivity index (χ3n) is 2.74. The molecule has 0 aliphatic carbocycles. The van der Waals surface area contributed by atoms with Gasteiger partial charge in [-0.05, 0) is 38.0 Å². The van der Waals surface area contributed by atoms with Gasteiger partial charge in [-0.3, -0.25) is 4.79 Å². The third-order valence-corrected chi connectivity index (χ3v) is 4.40. The maximum atomic E-state index is 12.1. The van der Waals surface area contributed by atoms with Crippen LogP contribution >= 0.6 is 0 Å². The minimum atomic E-state index is -3.77. The number of carbonyl (C=O) groups excluding carboxylic acids is 1. The van der Waals surface area contributed by atoms with Crippen molar-refractivity contribution in [1.29, 1.82) is 0 Å². The summed E-state index contributed by atoms with van der Waals surface area (Å²) >= 11 is 0. The first-order chi connectivity index (χ1) is 9.27. The first-order valence-corrected chi connectivity index (χ1v) is 7.58. The molecule has 0 aliphatic heterocycles. The fourth-order valence-electron chi connectivity index (χ4n) is 1.73. The van der Waals surface area contributed by atoms with Crippen LogP contribution in [0, 0.1) is 0 Å². The van der Waals surface area contributed by atoms with Gasteiger partial charge < -0.3 is 16.6 Å². The molecule has 1 rings (SSSR count). The highest BCUT2D eigenvalue weighted by molar-refractivity contribution is 7.89. The van der Waals surface area contributed by atoms with Crippen LogP contribution in [0.3, 0.4) is 0 Å². The molecule has 1 aromatic rings. The van der Waals surface area contributed by atoms with Crippen molar-refractivity contribution in [3.05, 3.63) is 23.8 Å². The highest BCUT2D eigenvalue weighted by Gasteiger charge is 2.20. The largest absolute Gasteiger partial charge is 0.398 e. The van der Waals surface area contributed by atoms with Crippen molar-refractivity contribution in [2.24, 2.45) is 5.73 Å². The zero-order valence-electron chi connectivity index (χ0n) is 11.2. The maximum absolute atomic E-state index is 12.1. The first kappa shape index (κ1) is 16.4. The van der Waals surface area contributed by atoms with Crippen LogP contribution < -0.4 is 16.2 Å². The van der Waals surface area contributed by atoms with E-state index in [-0.39, 0.29) is 28.8 Å². The molecule has 0 aromatic heterocycles. The van der Waals surface area contributed by atoms with E-state index < -0.39 is 15.9 Å². The molecule has 0 fully saturated rings. The summed E-state index contributed by atoms with van der Waals surface area (Å²) in [6.45, 7) is 1.70. The number of nitrogen functional groups attached to an aromatic ring is 1. The second kappa shape index (κ2) is 6.69. The van der Waals surface area contributed by atoms with Crippen molar-refractivity contribution >= 4 is 21.6 Å². The average molecular weight is 301 g/mol. The topological polar surface area (TPSA) is 136 Å². The van der Waals surface area contributed by atoms with Gasteiger partial charge in [-0.15, -0.1) is 0 Å². The number of rotatable bonds is 7. The van der Waals surface area contributed by atoms with Crippen LogP contribution in [0.15, 0.2) is 23.1 Å². The van der Waals surface area contributed by atoms with Crippen LogP contribution in [0.4, 0.5) is 5.69 Å². The van der Waals surface area contributed by atoms with Gasteiger partial charge in [0.25, 0.3) is 0 Å². The van der Waals surface area contributed by atoms with Crippen molar-refractivity contribution in [2.75, 3.05) is 12.3 Å². The minimum absolute atomic E-state index is 0.00150. The first-order valence-electron chi connectivity index (χ1n) is 6.10. The van der Waals surface area contributed by atoms with Crippen molar-refractivity contribution < 1.29 is 18.3 Å². The van der Waals surface area contributed by atoms with Crippen molar-refractivity contribution in [3.8, 4) is 0 Å². The standard InChI is InChI=1S/C12H19N3O4S/c1-8(3-2-6-16)15-20(18,19)11-5-4-9(12(14)17)7-10(11)13/h4-5,7-8,15-16H,2-3,6,13H2,1H3,(H2,14,17). The predicted molar refractivity (Wildman–Crippen MR) is 75.5 cm³/mol. The Morgan fingerprint density at radius 3 is 2.60 bits per heavy atom. The molecular weight excluding hydrogens is 282 g/mol. The number of benzene rings is 1. The monoisotopic (exact) mass is 301 g/mol. The lowest BCUT2D eigenvalue weighted by Crippen LogP contribution is -2.33. The molecule has 0 heterocycles. The number of aliphatic hydroxyl groups excluding tert-OH is 1. The molecule has 112 valence electrons. The average Bonchev–Trinajstić information content (AvgIpc) is 2.35. The summed E-state index contributed by atoms with van der Waals surface area (Å²) in [4.78, 5) is 10.9. The number of amides is 1. The van der Waals surface area contributed by atoms with Crippen LogP contribution in [-0.4, -0.2) is 32.1 Å². The van der Waals surface area contributed by atoms with Gasteiger partial charge >= 0.3 is 0 Å². The van der Waals surface area contributed by atoms with E-state index in [1.54, 1.807) is 6.92 Å². The highest BCUT2D eigenvalue weighted by Crippen LogP contribution is 2.20. The van der Waals surface area contributed by atoms with Crippen LogP contribution in [0.2, 0.25) is 0 Å². The Morgan fingerprint density at radius 2 is 2.10 bits per heavy atom. The van der Waals surface area contributed by atoms with E-state index in [1.807, 2.05) is 0 Å². The summed E-state index contributed by atoms with van der Waals surface area (Å²) in [6, 6.07) is 3.46. The Kier molecular flexibility index (Phi) is 5.49. The SMILES string of the molecule is CC(CCCO)NS(=O)(=O)c1ccc(C(N)=O)cc1N. The van der Waals surface area contributed by atoms with Crippen LogP contribution in [-0.2, 0) is 10.0 Å². The summed E-state index contributed by atoms with van der Waals surface area (Å²) in [5.74, 6) is -0.676. The molecule has 6 N–H and O–H groups in total. The Hall–Kier alpha value is -1.64. The number of nitrogens with two attached hydrogens (primary N) is 2. The minimum Gasteiger partial charge on any atom is -0.398 e. The van der Waals surface area contributed by atoms with E-state index >= 15 is 0 Å². The number of sulfonamides is 1. The van der Waals surface area contributed by atoms with E-state index in [1.165, 1.54) is 18.2 Å². The number of primary amides is 1. The number of hydrogen-bond acceptors (Lipinski definition) is 5. The third kappa shape index (κ3) is 4.19. The number of anilines is 1. The molecule has 0 aliphatic rings. The van der Waals surface area contributed by atoms with E-state index in [0.717, 1.165) is 0 Å². The molecule has 1 amide bonds. The molecule has 1 aromatic carbocycles. The summed E-state index contributed by atoms with van der Waals surface area (Å²) in [5, 5.41) is 8.72. The van der Waals surface area contributed by atoms with Gasteiger partial charge in [0.2, 0.25) is 15.9 Å². The van der Waals surface area contributed by atoms with Gasteiger partial charge in [-0.2, -0.15) is 0 Å². The summed E-state index contributed by atoms with van der Waals surface area (Å²) in [6.07, 6.45) is 1.01. The maximum Gasteiger partial charge on any atom is 0.248 e. The Morgan fingerprint density at radius 1 is 1.45 bits per heavy atom. The number of aliphatic hydroxyl groups is 1. The van der Waals surface area contributed by atoms with Crippen LogP contribution in [0.5, 0.6) is 0 Å². The molecule has 1 atom stereocenters. The molecule has 8 heteroatoms. The van der Waals surface area contributed by atoms with Crippen molar-refractivity contribution in [1.82, 2.24) is 4.72 Å². The molecule has 0 spiro atoms. The van der Waals surface area contributed by atoms with Crippen molar-refractivity contribution in [2.45, 2.75) is 30.7 Å². The number of nitrogens with one attached hydrogen (secondary N) is 1. The van der Waals surface area contributed by atoms with E-state index in [2.05, 4.69) is 4.72 Å². The van der Waals surface area contributed by atoms with E-state index in [0.29, 0.717) is 12.8 Å². The second-order valence-electron chi connectivity index (χ2n) is 4.51. The fourth-order valence-corrected chi connectivity index (χ4v) is 3.12. The molecule has 1 unspecified atom stereocenters. The molecule has 0 saturated carbocycles. The lowest BCUT2D eigenvalue weighted by atomic mass is 10.2. The van der Waals surface area contributed by atoms with Gasteiger partial charge in [-0.1, -0.05) is 0 Å². The highest BCUT2D eigenvalue weighted by atomic mass is 32.2. The summed E-state index contributed by atoms with van der Waals surface area (Å²) < 4.78 is 26.7. The summed E-state index contributed by atoms with van der Waals surface area (Å²) in [7, 11) is -3.77. The summed E-state index contributed by atoms with van der Waals surface area (Å²) in [5.41, 5.74) is 10.9. The van der Waals surface area contributed by atoms with Gasteiger partial charge in [0, 0.05) is 18.2 Å². The second-order valence-corrected chi connectivity index (χ2v) is 6.19. The van der Waals surface area contributed by atoms with Crippen LogP contribution in [0.25, 0.3) is 0 Å². The predicted octanol–water partition coefficient (Wildman–Crippen LogP) is -0.193. The molecular formula is C12H19N3O4S. The zero-order valence-corrected chi connectivity index (χ0v) is 12.0. The number of hydrogen-bond donors (Lipinski definition) is 4.